The minimum absolute atomic E-state index is 0.0714. The number of aliphatic hydroxyl groups excluding tert-OH is 2. The van der Waals surface area contributed by atoms with Crippen molar-refractivity contribution in [2.75, 3.05) is 26.6 Å². The zero-order valence-electron chi connectivity index (χ0n) is 42.3. The van der Waals surface area contributed by atoms with Crippen LogP contribution in [0.3, 0.4) is 0 Å². The highest BCUT2D eigenvalue weighted by Crippen LogP contribution is 2.23. The highest BCUT2D eigenvalue weighted by molar-refractivity contribution is 6.76. The van der Waals surface area contributed by atoms with E-state index in [4.69, 9.17) is 23.7 Å². The molecule has 0 saturated carbocycles. The summed E-state index contributed by atoms with van der Waals surface area (Å²) >= 11 is 0. The first-order valence-electron chi connectivity index (χ1n) is 26.7. The molecule has 0 aromatic carbocycles. The number of carbonyl (C=O) groups excluding carboxylic acids is 3. The van der Waals surface area contributed by atoms with Gasteiger partial charge < -0.3 is 39.2 Å². The SMILES string of the molecule is CCCCCCCCCCCCCCC(OC(=O)CCCCCCCCCCC)C(=O)O[C@H]1[C@H](O)[C@@H](CO)OC[C@@H]1NC(=O)C[C@@H](CCCCCCCCC)OCOCC[Si](C)(C)C. The molecule has 0 aromatic rings. The van der Waals surface area contributed by atoms with Gasteiger partial charge in [0.1, 0.15) is 19.0 Å². The highest BCUT2D eigenvalue weighted by Gasteiger charge is 2.44. The number of aliphatic hydroxyl groups is 2. The lowest BCUT2D eigenvalue weighted by atomic mass is 9.97. The average Bonchev–Trinajstić information content (AvgIpc) is 3.26. The Morgan fingerprint density at radius 2 is 1.14 bits per heavy atom. The fourth-order valence-electron chi connectivity index (χ4n) is 8.34. The van der Waals surface area contributed by atoms with Crippen molar-refractivity contribution in [2.45, 2.75) is 288 Å². The van der Waals surface area contributed by atoms with Crippen molar-refractivity contribution in [3.63, 3.8) is 0 Å². The van der Waals surface area contributed by atoms with E-state index in [1.807, 2.05) is 0 Å². The van der Waals surface area contributed by atoms with Gasteiger partial charge in [0.15, 0.2) is 12.2 Å². The molecule has 1 amide bonds. The van der Waals surface area contributed by atoms with E-state index in [0.29, 0.717) is 32.3 Å². The number of ether oxygens (including phenoxy) is 5. The van der Waals surface area contributed by atoms with Crippen LogP contribution in [-0.4, -0.2) is 99.3 Å². The van der Waals surface area contributed by atoms with Crippen molar-refractivity contribution < 1.29 is 48.3 Å². The fraction of sp³-hybridized carbons (Fsp3) is 0.942. The molecule has 1 unspecified atom stereocenters. The Hall–Kier alpha value is -1.57. The van der Waals surface area contributed by atoms with Crippen molar-refractivity contribution >= 4 is 25.9 Å². The topological polar surface area (TPSA) is 150 Å². The van der Waals surface area contributed by atoms with Gasteiger partial charge in [-0.3, -0.25) is 9.59 Å². The third-order valence-electron chi connectivity index (χ3n) is 12.6. The minimum atomic E-state index is -1.41. The third kappa shape index (κ3) is 33.0. The van der Waals surface area contributed by atoms with Crippen LogP contribution in [0.25, 0.3) is 0 Å². The number of carbonyl (C=O) groups is 3. The van der Waals surface area contributed by atoms with Gasteiger partial charge in [0, 0.05) is 21.1 Å². The highest BCUT2D eigenvalue weighted by atomic mass is 28.3. The van der Waals surface area contributed by atoms with Gasteiger partial charge in [-0.25, -0.2) is 4.79 Å². The van der Waals surface area contributed by atoms with E-state index in [9.17, 15) is 24.6 Å². The molecule has 0 spiro atoms. The quantitative estimate of drug-likeness (QED) is 0.0233. The predicted molar refractivity (Wildman–Crippen MR) is 263 cm³/mol. The molecule has 1 rings (SSSR count). The first kappa shape index (κ1) is 60.4. The molecule has 3 N–H and O–H groups in total. The van der Waals surface area contributed by atoms with E-state index in [-0.39, 0.29) is 38.3 Å². The summed E-state index contributed by atoms with van der Waals surface area (Å²) < 4.78 is 29.5. The molecule has 1 aliphatic rings. The Bertz CT molecular complexity index is 1120. The summed E-state index contributed by atoms with van der Waals surface area (Å²) in [6.07, 6.45) is 28.5. The smallest absolute Gasteiger partial charge is 0.347 e. The van der Waals surface area contributed by atoms with E-state index in [2.05, 4.69) is 45.7 Å². The Morgan fingerprint density at radius 3 is 1.62 bits per heavy atom. The normalized spacial score (nSPS) is 18.8. The summed E-state index contributed by atoms with van der Waals surface area (Å²) in [5.41, 5.74) is 0. The molecule has 0 bridgehead atoms. The summed E-state index contributed by atoms with van der Waals surface area (Å²) in [4.78, 5) is 40.8. The van der Waals surface area contributed by atoms with Crippen LogP contribution < -0.4 is 5.32 Å². The first-order chi connectivity index (χ1) is 30.9. The molecule has 11 nitrogen and oxygen atoms in total. The van der Waals surface area contributed by atoms with Gasteiger partial charge >= 0.3 is 11.9 Å². The lowest BCUT2D eigenvalue weighted by Crippen LogP contribution is -2.62. The van der Waals surface area contributed by atoms with Crippen LogP contribution in [0.15, 0.2) is 0 Å². The number of nitrogens with one attached hydrogen (secondary N) is 1. The van der Waals surface area contributed by atoms with Crippen molar-refractivity contribution in [1.29, 1.82) is 0 Å². The fourth-order valence-corrected chi connectivity index (χ4v) is 9.09. The number of rotatable bonds is 44. The van der Waals surface area contributed by atoms with Crippen LogP contribution in [0.1, 0.15) is 226 Å². The summed E-state index contributed by atoms with van der Waals surface area (Å²) in [5.74, 6) is -1.49. The zero-order valence-corrected chi connectivity index (χ0v) is 43.3. The zero-order chi connectivity index (χ0) is 47.1. The number of hydrogen-bond acceptors (Lipinski definition) is 10. The van der Waals surface area contributed by atoms with E-state index >= 15 is 0 Å². The summed E-state index contributed by atoms with van der Waals surface area (Å²) in [7, 11) is -1.26. The number of unbranched alkanes of at least 4 members (excludes halogenated alkanes) is 25. The Labute approximate surface area is 393 Å². The number of hydrogen-bond donors (Lipinski definition) is 3. The van der Waals surface area contributed by atoms with E-state index in [0.717, 1.165) is 63.8 Å². The molecule has 1 fully saturated rings. The molecule has 378 valence electrons. The van der Waals surface area contributed by atoms with Crippen LogP contribution in [0.5, 0.6) is 0 Å². The van der Waals surface area contributed by atoms with Gasteiger partial charge in [-0.2, -0.15) is 0 Å². The van der Waals surface area contributed by atoms with Gasteiger partial charge in [0.05, 0.1) is 31.8 Å². The van der Waals surface area contributed by atoms with Gasteiger partial charge in [0.2, 0.25) is 5.91 Å². The van der Waals surface area contributed by atoms with Crippen LogP contribution in [0.2, 0.25) is 25.7 Å². The molecule has 1 saturated heterocycles. The Balaban J connectivity index is 2.93. The van der Waals surface area contributed by atoms with Crippen LogP contribution in [0.4, 0.5) is 0 Å². The van der Waals surface area contributed by atoms with Crippen molar-refractivity contribution in [1.82, 2.24) is 5.32 Å². The molecule has 0 aliphatic carbocycles. The summed E-state index contributed by atoms with van der Waals surface area (Å²) in [5, 5.41) is 24.3. The van der Waals surface area contributed by atoms with Gasteiger partial charge in [-0.05, 0) is 31.7 Å². The maximum atomic E-state index is 14.0. The third-order valence-corrected chi connectivity index (χ3v) is 14.4. The van der Waals surface area contributed by atoms with Gasteiger partial charge in [-0.1, -0.05) is 207 Å². The average molecular weight is 928 g/mol. The standard InChI is InChI=1S/C52H101NO10Si/c1-7-10-13-16-19-21-22-23-25-27-30-33-36-46(62-49(56)37-34-31-28-24-20-17-14-11-8-2)52(58)63-51-45(42-60-47(41-54)50(51)57)53-48(55)40-44(35-32-29-26-18-15-12-9-3)61-43-59-38-39-64(4,5)6/h44-47,50-51,54,57H,7-43H2,1-6H3,(H,53,55)/t44-,45+,46?,47-,50-,51-/m1/s1. The van der Waals surface area contributed by atoms with Gasteiger partial charge in [-0.15, -0.1) is 0 Å². The second kappa shape index (κ2) is 40.5. The molecule has 12 heteroatoms. The van der Waals surface area contributed by atoms with E-state index in [1.165, 1.54) is 109 Å². The van der Waals surface area contributed by atoms with Gasteiger partial charge in [0.25, 0.3) is 0 Å². The second-order valence-electron chi connectivity index (χ2n) is 20.1. The Kier molecular flexibility index (Phi) is 38.2. The maximum absolute atomic E-state index is 14.0. The molecule has 0 radical (unpaired) electrons. The second-order valence-corrected chi connectivity index (χ2v) is 25.7. The minimum Gasteiger partial charge on any atom is -0.454 e. The predicted octanol–water partition coefficient (Wildman–Crippen LogP) is 12.3. The maximum Gasteiger partial charge on any atom is 0.347 e. The number of amides is 1. The molecular weight excluding hydrogens is 827 g/mol. The van der Waals surface area contributed by atoms with E-state index < -0.39 is 57.1 Å². The largest absolute Gasteiger partial charge is 0.454 e. The lowest BCUT2D eigenvalue weighted by molar-refractivity contribution is -0.200. The van der Waals surface area contributed by atoms with Crippen LogP contribution in [0, 0.1) is 0 Å². The molecule has 1 aliphatic heterocycles. The van der Waals surface area contributed by atoms with E-state index in [1.54, 1.807) is 0 Å². The lowest BCUT2D eigenvalue weighted by Gasteiger charge is -2.39. The van der Waals surface area contributed by atoms with Crippen LogP contribution in [-0.2, 0) is 38.1 Å². The van der Waals surface area contributed by atoms with Crippen molar-refractivity contribution in [3.05, 3.63) is 0 Å². The summed E-state index contributed by atoms with van der Waals surface area (Å²) in [6.45, 7) is 13.8. The monoisotopic (exact) mass is 928 g/mol. The van der Waals surface area contributed by atoms with Crippen molar-refractivity contribution in [2.24, 2.45) is 0 Å². The molecule has 6 atom stereocenters. The van der Waals surface area contributed by atoms with Crippen molar-refractivity contribution in [3.8, 4) is 0 Å². The number of esters is 2. The summed E-state index contributed by atoms with van der Waals surface area (Å²) in [6, 6.07) is 0.142. The van der Waals surface area contributed by atoms with Crippen LogP contribution >= 0.6 is 0 Å². The molecule has 0 aromatic heterocycles. The molecular formula is C52H101NO10Si. The molecule has 1 heterocycles. The Morgan fingerprint density at radius 1 is 0.672 bits per heavy atom. The first-order valence-corrected chi connectivity index (χ1v) is 30.5. The molecule has 64 heavy (non-hydrogen) atoms.